The van der Waals surface area contributed by atoms with Gasteiger partial charge in [0.2, 0.25) is 0 Å². The highest BCUT2D eigenvalue weighted by atomic mass is 35.5. The van der Waals surface area contributed by atoms with Crippen molar-refractivity contribution in [3.05, 3.63) is 16.1 Å². The van der Waals surface area contributed by atoms with Crippen molar-refractivity contribution in [2.75, 3.05) is 36.8 Å². The quantitative estimate of drug-likeness (QED) is 0.868. The van der Waals surface area contributed by atoms with E-state index in [0.29, 0.717) is 21.9 Å². The van der Waals surface area contributed by atoms with Gasteiger partial charge in [0.05, 0.1) is 10.0 Å². The molecule has 2 rings (SSSR count). The zero-order chi connectivity index (χ0) is 14.5. The van der Waals surface area contributed by atoms with Crippen LogP contribution >= 0.6 is 23.2 Å². The van der Waals surface area contributed by atoms with E-state index in [-0.39, 0.29) is 0 Å². The van der Waals surface area contributed by atoms with Gasteiger partial charge in [-0.25, -0.2) is 4.98 Å². The van der Waals surface area contributed by atoms with E-state index >= 15 is 0 Å². The highest BCUT2D eigenvalue weighted by molar-refractivity contribution is 6.37. The predicted octanol–water partition coefficient (Wildman–Crippen LogP) is 3.72. The van der Waals surface area contributed by atoms with Crippen molar-refractivity contribution in [1.29, 1.82) is 0 Å². The summed E-state index contributed by atoms with van der Waals surface area (Å²) in [7, 11) is 0. The third kappa shape index (κ3) is 3.90. The molecule has 2 heterocycles. The first-order chi connectivity index (χ1) is 9.63. The van der Waals surface area contributed by atoms with Crippen molar-refractivity contribution in [1.82, 2.24) is 9.88 Å². The Morgan fingerprint density at radius 1 is 1.30 bits per heavy atom. The molecule has 0 amide bonds. The maximum atomic E-state index is 6.24. The second-order valence-electron chi connectivity index (χ2n) is 5.06. The summed E-state index contributed by atoms with van der Waals surface area (Å²) in [5.41, 5.74) is 0. The Bertz CT molecular complexity index is 453. The normalized spacial score (nSPS) is 19.9. The van der Waals surface area contributed by atoms with E-state index in [9.17, 15) is 0 Å². The Hall–Kier alpha value is -0.710. The monoisotopic (exact) mass is 316 g/mol. The zero-order valence-electron chi connectivity index (χ0n) is 12.0. The highest BCUT2D eigenvalue weighted by Crippen LogP contribution is 2.30. The zero-order valence-corrected chi connectivity index (χ0v) is 13.6. The van der Waals surface area contributed by atoms with Crippen molar-refractivity contribution in [3.63, 3.8) is 0 Å². The smallest absolute Gasteiger partial charge is 0.147 e. The molecule has 0 aliphatic carbocycles. The lowest BCUT2D eigenvalue weighted by Crippen LogP contribution is -2.42. The van der Waals surface area contributed by atoms with E-state index in [4.69, 9.17) is 23.2 Å². The fourth-order valence-electron chi connectivity index (χ4n) is 2.51. The molecule has 0 radical (unpaired) electrons. The number of aromatic nitrogens is 1. The lowest BCUT2D eigenvalue weighted by Gasteiger charge is -2.32. The minimum absolute atomic E-state index is 0.393. The molecule has 1 aromatic heterocycles. The second kappa shape index (κ2) is 7.34. The molecule has 1 fully saturated rings. The standard InChI is InChI=1S/C14H22Cl2N4/c1-3-17-13-11(15)8-12(16)14(19-13)18-10-6-5-7-20(4-2)9-10/h8,10H,3-7,9H2,1-2H3,(H2,17,18,19). The number of rotatable bonds is 5. The first-order valence-corrected chi connectivity index (χ1v) is 7.98. The first kappa shape index (κ1) is 15.7. The van der Waals surface area contributed by atoms with E-state index in [1.807, 2.05) is 6.92 Å². The van der Waals surface area contributed by atoms with Gasteiger partial charge in [-0.2, -0.15) is 0 Å². The average Bonchev–Trinajstić information content (AvgIpc) is 2.44. The number of piperidine rings is 1. The molecule has 0 spiro atoms. The van der Waals surface area contributed by atoms with Crippen LogP contribution in [0.5, 0.6) is 0 Å². The minimum atomic E-state index is 0.393. The largest absolute Gasteiger partial charge is 0.369 e. The topological polar surface area (TPSA) is 40.2 Å². The van der Waals surface area contributed by atoms with Crippen LogP contribution < -0.4 is 10.6 Å². The first-order valence-electron chi connectivity index (χ1n) is 7.22. The Kier molecular flexibility index (Phi) is 5.75. The molecule has 1 saturated heterocycles. The Balaban J connectivity index is 2.10. The van der Waals surface area contributed by atoms with Gasteiger partial charge in [0.1, 0.15) is 11.6 Å². The number of likely N-dealkylation sites (tertiary alicyclic amines) is 1. The summed E-state index contributed by atoms with van der Waals surface area (Å²) in [5.74, 6) is 1.40. The number of halogens is 2. The fraction of sp³-hybridized carbons (Fsp3) is 0.643. The molecule has 1 aromatic rings. The van der Waals surface area contributed by atoms with Gasteiger partial charge >= 0.3 is 0 Å². The van der Waals surface area contributed by atoms with E-state index in [1.165, 1.54) is 13.0 Å². The molecule has 1 atom stereocenters. The predicted molar refractivity (Wildman–Crippen MR) is 87.2 cm³/mol. The van der Waals surface area contributed by atoms with Gasteiger partial charge in [-0.05, 0) is 38.9 Å². The number of likely N-dealkylation sites (N-methyl/N-ethyl adjacent to an activating group) is 1. The summed E-state index contributed by atoms with van der Waals surface area (Å²) in [4.78, 5) is 6.94. The number of anilines is 2. The third-order valence-electron chi connectivity index (χ3n) is 3.57. The average molecular weight is 317 g/mol. The van der Waals surface area contributed by atoms with Crippen LogP contribution in [0.3, 0.4) is 0 Å². The Labute approximate surface area is 130 Å². The van der Waals surface area contributed by atoms with Gasteiger partial charge in [0.25, 0.3) is 0 Å². The van der Waals surface area contributed by atoms with Gasteiger partial charge in [0, 0.05) is 19.1 Å². The molecule has 6 heteroatoms. The van der Waals surface area contributed by atoms with E-state index in [1.54, 1.807) is 6.07 Å². The van der Waals surface area contributed by atoms with Crippen molar-refractivity contribution < 1.29 is 0 Å². The molecule has 0 saturated carbocycles. The van der Waals surface area contributed by atoms with Gasteiger partial charge in [-0.15, -0.1) is 0 Å². The summed E-state index contributed by atoms with van der Waals surface area (Å²) >= 11 is 12.4. The molecule has 2 N–H and O–H groups in total. The van der Waals surface area contributed by atoms with Crippen molar-refractivity contribution in [2.45, 2.75) is 32.7 Å². The SMILES string of the molecule is CCNc1nc(NC2CCCN(CC)C2)c(Cl)cc1Cl. The summed E-state index contributed by atoms with van der Waals surface area (Å²) in [5, 5.41) is 7.74. The highest BCUT2D eigenvalue weighted by Gasteiger charge is 2.20. The molecule has 1 aliphatic heterocycles. The van der Waals surface area contributed by atoms with Gasteiger partial charge < -0.3 is 15.5 Å². The lowest BCUT2D eigenvalue weighted by molar-refractivity contribution is 0.226. The van der Waals surface area contributed by atoms with Crippen LogP contribution in [-0.4, -0.2) is 42.1 Å². The van der Waals surface area contributed by atoms with Gasteiger partial charge in [-0.3, -0.25) is 0 Å². The van der Waals surface area contributed by atoms with Crippen LogP contribution in [0.1, 0.15) is 26.7 Å². The second-order valence-corrected chi connectivity index (χ2v) is 5.87. The molecule has 112 valence electrons. The van der Waals surface area contributed by atoms with E-state index in [2.05, 4.69) is 27.4 Å². The summed E-state index contributed by atoms with van der Waals surface area (Å²) in [6.45, 7) is 8.29. The molecule has 20 heavy (non-hydrogen) atoms. The molecule has 1 unspecified atom stereocenters. The van der Waals surface area contributed by atoms with Crippen LogP contribution in [-0.2, 0) is 0 Å². The molecule has 0 aromatic carbocycles. The lowest BCUT2D eigenvalue weighted by atomic mass is 10.1. The van der Waals surface area contributed by atoms with Crippen molar-refractivity contribution in [2.24, 2.45) is 0 Å². The van der Waals surface area contributed by atoms with E-state index < -0.39 is 0 Å². The molecular formula is C14H22Cl2N4. The maximum Gasteiger partial charge on any atom is 0.147 e. The van der Waals surface area contributed by atoms with Gasteiger partial charge in [0.15, 0.2) is 0 Å². The van der Waals surface area contributed by atoms with Crippen LogP contribution in [0.25, 0.3) is 0 Å². The molecule has 1 aliphatic rings. The maximum absolute atomic E-state index is 6.24. The van der Waals surface area contributed by atoms with Gasteiger partial charge in [-0.1, -0.05) is 30.1 Å². The Morgan fingerprint density at radius 2 is 2.05 bits per heavy atom. The van der Waals surface area contributed by atoms with Crippen LogP contribution in [0.4, 0.5) is 11.6 Å². The summed E-state index contributed by atoms with van der Waals surface area (Å²) < 4.78 is 0. The fourth-order valence-corrected chi connectivity index (χ4v) is 2.99. The number of hydrogen-bond donors (Lipinski definition) is 2. The third-order valence-corrected chi connectivity index (χ3v) is 4.14. The number of hydrogen-bond acceptors (Lipinski definition) is 4. The van der Waals surface area contributed by atoms with Crippen LogP contribution in [0.15, 0.2) is 6.07 Å². The molecule has 4 nitrogen and oxygen atoms in total. The number of pyridine rings is 1. The minimum Gasteiger partial charge on any atom is -0.369 e. The van der Waals surface area contributed by atoms with Crippen molar-refractivity contribution >= 4 is 34.8 Å². The Morgan fingerprint density at radius 3 is 2.75 bits per heavy atom. The number of nitrogens with zero attached hydrogens (tertiary/aromatic N) is 2. The number of nitrogens with one attached hydrogen (secondary N) is 2. The van der Waals surface area contributed by atoms with Crippen molar-refractivity contribution in [3.8, 4) is 0 Å². The molecular weight excluding hydrogens is 295 g/mol. The van der Waals surface area contributed by atoms with E-state index in [0.717, 1.165) is 31.9 Å². The van der Waals surface area contributed by atoms with Crippen LogP contribution in [0, 0.1) is 0 Å². The molecule has 0 bridgehead atoms. The summed E-state index contributed by atoms with van der Waals surface area (Å²) in [6.07, 6.45) is 2.35. The van der Waals surface area contributed by atoms with Crippen LogP contribution in [0.2, 0.25) is 10.0 Å². The summed E-state index contributed by atoms with van der Waals surface area (Å²) in [6, 6.07) is 2.14.